The summed E-state index contributed by atoms with van der Waals surface area (Å²) in [6.07, 6.45) is 0. The van der Waals surface area contributed by atoms with E-state index < -0.39 is 4.65 Å². The van der Waals surface area contributed by atoms with Crippen molar-refractivity contribution in [2.24, 2.45) is 0 Å². The van der Waals surface area contributed by atoms with Crippen LogP contribution < -0.4 is 4.74 Å². The van der Waals surface area contributed by atoms with Crippen LogP contribution in [0.1, 0.15) is 5.56 Å². The van der Waals surface area contributed by atoms with Gasteiger partial charge in [-0.2, -0.15) is 0 Å². The fraction of sp³-hybridized carbons (Fsp3) is 0.500. The van der Waals surface area contributed by atoms with Crippen LogP contribution in [-0.4, -0.2) is 48.3 Å². The van der Waals surface area contributed by atoms with E-state index in [4.69, 9.17) is 14.9 Å². The highest BCUT2D eigenvalue weighted by Gasteiger charge is 2.16. The lowest BCUT2D eigenvalue weighted by Gasteiger charge is -2.42. The first-order chi connectivity index (χ1) is 8.13. The van der Waals surface area contributed by atoms with E-state index in [1.807, 2.05) is 12.1 Å². The second kappa shape index (κ2) is 6.56. The molecule has 0 radical (unpaired) electrons. The minimum Gasteiger partial charge on any atom is -0.632 e. The van der Waals surface area contributed by atoms with Gasteiger partial charge in [0.1, 0.15) is 25.4 Å². The Morgan fingerprint density at radius 2 is 1.88 bits per heavy atom. The smallest absolute Gasteiger partial charge is 0.119 e. The Morgan fingerprint density at radius 1 is 1.24 bits per heavy atom. The van der Waals surface area contributed by atoms with Gasteiger partial charge in [-0.1, -0.05) is 12.1 Å². The molecule has 0 aliphatic carbocycles. The number of aliphatic hydroxyl groups excluding tert-OH is 2. The first kappa shape index (κ1) is 13.9. The summed E-state index contributed by atoms with van der Waals surface area (Å²) < 4.78 is 4.46. The zero-order chi connectivity index (χ0) is 12.7. The van der Waals surface area contributed by atoms with E-state index in [9.17, 15) is 5.21 Å². The lowest BCUT2D eigenvalue weighted by Crippen LogP contribution is -2.45. The standard InChI is InChI=1S/C12H19NO4/c1-17-12-4-2-3-11(9-12)10-13(16,5-7-14)6-8-15/h2-4,9,14-15H,5-8,10H2,1H3. The molecule has 0 amide bonds. The van der Waals surface area contributed by atoms with Crippen LogP contribution in [0.25, 0.3) is 0 Å². The van der Waals surface area contributed by atoms with Gasteiger partial charge in [-0.05, 0) is 12.1 Å². The van der Waals surface area contributed by atoms with Crippen molar-refractivity contribution in [2.75, 3.05) is 33.4 Å². The van der Waals surface area contributed by atoms with Gasteiger partial charge in [-0.3, -0.25) is 0 Å². The molecule has 0 aliphatic heterocycles. The summed E-state index contributed by atoms with van der Waals surface area (Å²) in [6, 6.07) is 7.25. The van der Waals surface area contributed by atoms with Crippen molar-refractivity contribution in [2.45, 2.75) is 6.54 Å². The van der Waals surface area contributed by atoms with Gasteiger partial charge >= 0.3 is 0 Å². The average molecular weight is 241 g/mol. The number of hydrogen-bond donors (Lipinski definition) is 2. The summed E-state index contributed by atoms with van der Waals surface area (Å²) in [4.78, 5) is 0. The van der Waals surface area contributed by atoms with Crippen LogP contribution in [0.5, 0.6) is 5.75 Å². The van der Waals surface area contributed by atoms with E-state index in [-0.39, 0.29) is 32.8 Å². The Balaban J connectivity index is 2.77. The van der Waals surface area contributed by atoms with Crippen molar-refractivity contribution in [1.82, 2.24) is 0 Å². The van der Waals surface area contributed by atoms with E-state index in [0.29, 0.717) is 5.75 Å². The molecule has 0 atom stereocenters. The molecule has 1 aromatic rings. The van der Waals surface area contributed by atoms with E-state index in [2.05, 4.69) is 0 Å². The summed E-state index contributed by atoms with van der Waals surface area (Å²) in [7, 11) is 1.57. The van der Waals surface area contributed by atoms with E-state index in [1.165, 1.54) is 0 Å². The third-order valence-electron chi connectivity index (χ3n) is 2.62. The zero-order valence-electron chi connectivity index (χ0n) is 10.0. The monoisotopic (exact) mass is 241 g/mol. The summed E-state index contributed by atoms with van der Waals surface area (Å²) in [5, 5.41) is 30.0. The highest BCUT2D eigenvalue weighted by molar-refractivity contribution is 5.27. The van der Waals surface area contributed by atoms with Crippen LogP contribution >= 0.6 is 0 Å². The Morgan fingerprint density at radius 3 is 2.41 bits per heavy atom. The van der Waals surface area contributed by atoms with Gasteiger partial charge in [-0.15, -0.1) is 0 Å². The van der Waals surface area contributed by atoms with Gasteiger partial charge in [-0.25, -0.2) is 0 Å². The molecule has 0 aromatic heterocycles. The Labute approximate surface area is 101 Å². The fourth-order valence-corrected chi connectivity index (χ4v) is 1.74. The van der Waals surface area contributed by atoms with Crippen LogP contribution in [0.2, 0.25) is 0 Å². The van der Waals surface area contributed by atoms with Crippen LogP contribution in [0.4, 0.5) is 0 Å². The fourth-order valence-electron chi connectivity index (χ4n) is 1.74. The Hall–Kier alpha value is -1.14. The number of ether oxygens (including phenoxy) is 1. The number of hydrogen-bond acceptors (Lipinski definition) is 4. The molecule has 0 spiro atoms. The predicted octanol–water partition coefficient (Wildman–Crippen LogP) is 0.494. The molecule has 0 saturated carbocycles. The topological polar surface area (TPSA) is 72.8 Å². The first-order valence-corrected chi connectivity index (χ1v) is 5.55. The van der Waals surface area contributed by atoms with Crippen LogP contribution in [0, 0.1) is 5.21 Å². The second-order valence-electron chi connectivity index (χ2n) is 3.96. The average Bonchev–Trinajstić information content (AvgIpc) is 2.29. The molecule has 0 heterocycles. The number of benzene rings is 1. The molecule has 17 heavy (non-hydrogen) atoms. The number of rotatable bonds is 7. The van der Waals surface area contributed by atoms with E-state index in [0.717, 1.165) is 5.56 Å². The van der Waals surface area contributed by atoms with Gasteiger partial charge in [0.15, 0.2) is 0 Å². The Bertz CT molecular complexity index is 337. The van der Waals surface area contributed by atoms with Crippen molar-refractivity contribution < 1.29 is 19.6 Å². The maximum Gasteiger partial charge on any atom is 0.119 e. The molecule has 1 aromatic carbocycles. The number of hydroxylamine groups is 3. The zero-order valence-corrected chi connectivity index (χ0v) is 10.0. The molecule has 96 valence electrons. The minimum atomic E-state index is -0.625. The summed E-state index contributed by atoms with van der Waals surface area (Å²) in [6.45, 7) is 0.00873. The van der Waals surface area contributed by atoms with Crippen molar-refractivity contribution >= 4 is 0 Å². The van der Waals surface area contributed by atoms with Gasteiger partial charge in [0.25, 0.3) is 0 Å². The largest absolute Gasteiger partial charge is 0.632 e. The molecule has 0 fully saturated rings. The lowest BCUT2D eigenvalue weighted by atomic mass is 10.2. The highest BCUT2D eigenvalue weighted by Crippen LogP contribution is 2.17. The molecular weight excluding hydrogens is 222 g/mol. The number of aliphatic hydroxyl groups is 2. The highest BCUT2D eigenvalue weighted by atomic mass is 16.5. The SMILES string of the molecule is COc1cccc(C[N+]([O-])(CCO)CCO)c1. The molecule has 2 N–H and O–H groups in total. The predicted molar refractivity (Wildman–Crippen MR) is 64.2 cm³/mol. The number of nitrogens with zero attached hydrogens (tertiary/aromatic N) is 1. The summed E-state index contributed by atoms with van der Waals surface area (Å²) in [5.41, 5.74) is 0.834. The van der Waals surface area contributed by atoms with Crippen LogP contribution in [0.15, 0.2) is 24.3 Å². The van der Waals surface area contributed by atoms with Gasteiger partial charge in [0.05, 0.1) is 20.3 Å². The van der Waals surface area contributed by atoms with E-state index in [1.54, 1.807) is 19.2 Å². The van der Waals surface area contributed by atoms with Crippen LogP contribution in [-0.2, 0) is 6.54 Å². The van der Waals surface area contributed by atoms with Gasteiger partial charge in [0, 0.05) is 5.56 Å². The maximum atomic E-state index is 12.2. The molecule has 5 nitrogen and oxygen atoms in total. The van der Waals surface area contributed by atoms with Crippen molar-refractivity contribution in [1.29, 1.82) is 0 Å². The van der Waals surface area contributed by atoms with Gasteiger partial charge < -0.3 is 24.8 Å². The van der Waals surface area contributed by atoms with Crippen molar-refractivity contribution in [3.63, 3.8) is 0 Å². The molecule has 1 rings (SSSR count). The minimum absolute atomic E-state index is 0.0811. The van der Waals surface area contributed by atoms with Crippen molar-refractivity contribution in [3.8, 4) is 5.75 Å². The maximum absolute atomic E-state index is 12.2. The van der Waals surface area contributed by atoms with Crippen molar-refractivity contribution in [3.05, 3.63) is 35.0 Å². The van der Waals surface area contributed by atoms with E-state index >= 15 is 0 Å². The third kappa shape index (κ3) is 4.32. The molecule has 0 unspecified atom stereocenters. The Kier molecular flexibility index (Phi) is 5.37. The number of methoxy groups -OCH3 is 1. The quantitative estimate of drug-likeness (QED) is 0.538. The first-order valence-electron chi connectivity index (χ1n) is 5.55. The normalized spacial score (nSPS) is 11.5. The molecule has 0 saturated heterocycles. The molecule has 0 bridgehead atoms. The lowest BCUT2D eigenvalue weighted by molar-refractivity contribution is -0.894. The number of quaternary nitrogens is 1. The summed E-state index contributed by atoms with van der Waals surface area (Å²) in [5.74, 6) is 0.696. The molecular formula is C12H19NO4. The van der Waals surface area contributed by atoms with Gasteiger partial charge in [0.2, 0.25) is 0 Å². The summed E-state index contributed by atoms with van der Waals surface area (Å²) >= 11 is 0. The second-order valence-corrected chi connectivity index (χ2v) is 3.96. The molecule has 0 aliphatic rings. The third-order valence-corrected chi connectivity index (χ3v) is 2.62. The van der Waals surface area contributed by atoms with Crippen LogP contribution in [0.3, 0.4) is 0 Å². The molecule has 5 heteroatoms.